The molecule has 3 aromatic rings. The number of carbonyl (C=O) groups is 4. The molecule has 0 aliphatic carbocycles. The Morgan fingerprint density at radius 1 is 0.929 bits per heavy atom. The third kappa shape index (κ3) is 6.90. The molecule has 1 saturated heterocycles. The summed E-state index contributed by atoms with van der Waals surface area (Å²) in [5.41, 5.74) is 3.10. The van der Waals surface area contributed by atoms with E-state index < -0.39 is 23.8 Å². The molecular formula is C31H30ClN3O7. The summed E-state index contributed by atoms with van der Waals surface area (Å²) in [5.74, 6) is -1.16. The summed E-state index contributed by atoms with van der Waals surface area (Å²) in [5, 5.41) is 5.06. The Labute approximate surface area is 248 Å². The largest absolute Gasteiger partial charge is 0.494 e. The monoisotopic (exact) mass is 591 g/mol. The lowest BCUT2D eigenvalue weighted by molar-refractivity contribution is -0.122. The SMILES string of the molecule is CCOc1ccc(N2C(=O)NC(=O)/C(=C\c3cc(Cl)c(OCC(=O)Nc4ccc(C)c(C)c4)c(OCC)c3)C2=O)cc1. The molecule has 0 radical (unpaired) electrons. The number of nitrogens with one attached hydrogen (secondary N) is 2. The second-order valence-corrected chi connectivity index (χ2v) is 9.69. The highest BCUT2D eigenvalue weighted by atomic mass is 35.5. The summed E-state index contributed by atoms with van der Waals surface area (Å²) in [6.45, 7) is 7.90. The third-order valence-electron chi connectivity index (χ3n) is 6.29. The number of imide groups is 2. The zero-order valence-electron chi connectivity index (χ0n) is 23.6. The maximum atomic E-state index is 13.3. The number of rotatable bonds is 10. The van der Waals surface area contributed by atoms with E-state index in [1.54, 1.807) is 37.3 Å². The second-order valence-electron chi connectivity index (χ2n) is 9.28. The van der Waals surface area contributed by atoms with Crippen molar-refractivity contribution in [1.82, 2.24) is 5.32 Å². The average Bonchev–Trinajstić information content (AvgIpc) is 2.94. The summed E-state index contributed by atoms with van der Waals surface area (Å²) in [6, 6.07) is 14.0. The van der Waals surface area contributed by atoms with Crippen LogP contribution in [0.15, 0.2) is 60.2 Å². The summed E-state index contributed by atoms with van der Waals surface area (Å²) < 4.78 is 16.8. The fourth-order valence-corrected chi connectivity index (χ4v) is 4.42. The number of hydrogen-bond acceptors (Lipinski definition) is 7. The zero-order chi connectivity index (χ0) is 30.4. The highest BCUT2D eigenvalue weighted by Gasteiger charge is 2.37. The molecular weight excluding hydrogens is 562 g/mol. The molecule has 1 fully saturated rings. The number of hydrogen-bond donors (Lipinski definition) is 2. The Morgan fingerprint density at radius 3 is 2.31 bits per heavy atom. The minimum absolute atomic E-state index is 0.0925. The van der Waals surface area contributed by atoms with E-state index in [9.17, 15) is 19.2 Å². The summed E-state index contributed by atoms with van der Waals surface area (Å²) >= 11 is 6.50. The van der Waals surface area contributed by atoms with E-state index in [4.69, 9.17) is 25.8 Å². The van der Waals surface area contributed by atoms with Gasteiger partial charge in [-0.1, -0.05) is 17.7 Å². The van der Waals surface area contributed by atoms with Crippen molar-refractivity contribution < 1.29 is 33.4 Å². The van der Waals surface area contributed by atoms with Gasteiger partial charge in [-0.25, -0.2) is 9.69 Å². The standard InChI is InChI=1S/C31H30ClN3O7/c1-5-40-23-11-9-22(10-12-23)35-30(38)24(29(37)34-31(35)39)14-20-15-25(32)28(26(16-20)41-6-2)42-17-27(36)33-21-8-7-18(3)19(4)13-21/h7-16H,5-6,17H2,1-4H3,(H,33,36)(H,34,37,39)/b24-14+. The van der Waals surface area contributed by atoms with Crippen molar-refractivity contribution in [2.45, 2.75) is 27.7 Å². The van der Waals surface area contributed by atoms with Gasteiger partial charge in [0.25, 0.3) is 17.7 Å². The van der Waals surface area contributed by atoms with Crippen LogP contribution in [0.1, 0.15) is 30.5 Å². The van der Waals surface area contributed by atoms with Crippen molar-refractivity contribution in [3.8, 4) is 17.2 Å². The second kappa shape index (κ2) is 13.2. The molecule has 0 saturated carbocycles. The van der Waals surface area contributed by atoms with E-state index in [1.807, 2.05) is 32.9 Å². The Balaban J connectivity index is 1.56. The molecule has 0 aromatic heterocycles. The van der Waals surface area contributed by atoms with Gasteiger partial charge in [-0.3, -0.25) is 19.7 Å². The van der Waals surface area contributed by atoms with Gasteiger partial charge < -0.3 is 19.5 Å². The molecule has 0 spiro atoms. The molecule has 1 aliphatic heterocycles. The van der Waals surface area contributed by atoms with Gasteiger partial charge in [0.15, 0.2) is 18.1 Å². The van der Waals surface area contributed by atoms with Crippen LogP contribution < -0.4 is 29.7 Å². The Hall–Kier alpha value is -4.83. The Kier molecular flexibility index (Phi) is 9.49. The van der Waals surface area contributed by atoms with E-state index >= 15 is 0 Å². The van der Waals surface area contributed by atoms with Crippen LogP contribution in [0.3, 0.4) is 0 Å². The van der Waals surface area contributed by atoms with Crippen molar-refractivity contribution >= 4 is 52.8 Å². The predicted octanol–water partition coefficient (Wildman–Crippen LogP) is 5.44. The lowest BCUT2D eigenvalue weighted by Crippen LogP contribution is -2.54. The number of nitrogens with zero attached hydrogens (tertiary/aromatic N) is 1. The van der Waals surface area contributed by atoms with E-state index in [-0.39, 0.29) is 41.0 Å². The molecule has 0 bridgehead atoms. The van der Waals surface area contributed by atoms with Gasteiger partial charge in [-0.15, -0.1) is 0 Å². The molecule has 2 N–H and O–H groups in total. The summed E-state index contributed by atoms with van der Waals surface area (Å²) in [4.78, 5) is 51.9. The zero-order valence-corrected chi connectivity index (χ0v) is 24.3. The van der Waals surface area contributed by atoms with Crippen LogP contribution in [0.5, 0.6) is 17.2 Å². The summed E-state index contributed by atoms with van der Waals surface area (Å²) in [6.07, 6.45) is 1.30. The van der Waals surface area contributed by atoms with Crippen LogP contribution in [0, 0.1) is 13.8 Å². The van der Waals surface area contributed by atoms with Gasteiger partial charge in [0.2, 0.25) is 0 Å². The smallest absolute Gasteiger partial charge is 0.335 e. The molecule has 1 heterocycles. The van der Waals surface area contributed by atoms with Crippen molar-refractivity contribution in [1.29, 1.82) is 0 Å². The highest BCUT2D eigenvalue weighted by Crippen LogP contribution is 2.38. The maximum Gasteiger partial charge on any atom is 0.335 e. The first-order valence-electron chi connectivity index (χ1n) is 13.2. The fraction of sp³-hybridized carbons (Fsp3) is 0.226. The first-order valence-corrected chi connectivity index (χ1v) is 13.6. The number of anilines is 2. The number of benzene rings is 3. The molecule has 11 heteroatoms. The normalized spacial score (nSPS) is 14.1. The number of barbiturate groups is 1. The first kappa shape index (κ1) is 30.1. The third-order valence-corrected chi connectivity index (χ3v) is 6.57. The number of amides is 5. The van der Waals surface area contributed by atoms with Crippen LogP contribution >= 0.6 is 11.6 Å². The van der Waals surface area contributed by atoms with Crippen LogP contribution in [-0.2, 0) is 14.4 Å². The van der Waals surface area contributed by atoms with Gasteiger partial charge in [0, 0.05) is 5.69 Å². The number of urea groups is 1. The number of carbonyl (C=O) groups excluding carboxylic acids is 4. The Morgan fingerprint density at radius 2 is 1.64 bits per heavy atom. The molecule has 218 valence electrons. The molecule has 1 aliphatic rings. The van der Waals surface area contributed by atoms with Crippen molar-refractivity contribution in [3.63, 3.8) is 0 Å². The molecule has 3 aromatic carbocycles. The van der Waals surface area contributed by atoms with Crippen LogP contribution in [0.2, 0.25) is 5.02 Å². The number of halogens is 1. The maximum absolute atomic E-state index is 13.3. The van der Waals surface area contributed by atoms with Gasteiger partial charge in [0.1, 0.15) is 11.3 Å². The topological polar surface area (TPSA) is 123 Å². The lowest BCUT2D eigenvalue weighted by Gasteiger charge is -2.26. The summed E-state index contributed by atoms with van der Waals surface area (Å²) in [7, 11) is 0. The Bertz CT molecular complexity index is 1570. The molecule has 42 heavy (non-hydrogen) atoms. The van der Waals surface area contributed by atoms with Crippen LogP contribution in [0.4, 0.5) is 16.2 Å². The molecule has 4 rings (SSSR count). The minimum atomic E-state index is -0.873. The predicted molar refractivity (Wildman–Crippen MR) is 159 cm³/mol. The molecule has 10 nitrogen and oxygen atoms in total. The quantitative estimate of drug-likeness (QED) is 0.238. The van der Waals surface area contributed by atoms with Crippen LogP contribution in [0.25, 0.3) is 6.08 Å². The number of aryl methyl sites for hydroxylation is 2. The van der Waals surface area contributed by atoms with Crippen molar-refractivity contribution in [2.24, 2.45) is 0 Å². The van der Waals surface area contributed by atoms with E-state index in [2.05, 4.69) is 10.6 Å². The van der Waals surface area contributed by atoms with Gasteiger partial charge in [-0.05, 0) is 99.0 Å². The van der Waals surface area contributed by atoms with Crippen molar-refractivity contribution in [2.75, 3.05) is 30.0 Å². The lowest BCUT2D eigenvalue weighted by atomic mass is 10.1. The number of ether oxygens (including phenoxy) is 3. The van der Waals surface area contributed by atoms with E-state index in [1.165, 1.54) is 18.2 Å². The molecule has 0 atom stereocenters. The van der Waals surface area contributed by atoms with Crippen LogP contribution in [-0.4, -0.2) is 43.6 Å². The van der Waals surface area contributed by atoms with E-state index in [0.29, 0.717) is 23.6 Å². The van der Waals surface area contributed by atoms with Crippen molar-refractivity contribution in [3.05, 3.63) is 81.9 Å². The van der Waals surface area contributed by atoms with E-state index in [0.717, 1.165) is 16.0 Å². The van der Waals surface area contributed by atoms with Gasteiger partial charge in [0.05, 0.1) is 23.9 Å². The first-order chi connectivity index (χ1) is 20.1. The van der Waals surface area contributed by atoms with Gasteiger partial charge >= 0.3 is 6.03 Å². The highest BCUT2D eigenvalue weighted by molar-refractivity contribution is 6.39. The minimum Gasteiger partial charge on any atom is -0.494 e. The average molecular weight is 592 g/mol. The fourth-order valence-electron chi connectivity index (χ4n) is 4.14. The van der Waals surface area contributed by atoms with Gasteiger partial charge in [-0.2, -0.15) is 0 Å². The molecule has 5 amide bonds. The molecule has 0 unspecified atom stereocenters.